The van der Waals surface area contributed by atoms with Gasteiger partial charge in [-0.05, 0) is 30.5 Å². The van der Waals surface area contributed by atoms with Gasteiger partial charge in [-0.25, -0.2) is 4.39 Å². The number of hydrogen-bond donors (Lipinski definition) is 0. The molecule has 0 spiro atoms. The number of amides is 2. The van der Waals surface area contributed by atoms with Gasteiger partial charge in [0.2, 0.25) is 11.8 Å². The summed E-state index contributed by atoms with van der Waals surface area (Å²) in [6, 6.07) is 3.51. The first-order valence-corrected chi connectivity index (χ1v) is 8.19. The molecular weight excluding hydrogens is 319 g/mol. The number of carbonyl (C=O) groups is 2. The number of halogens is 2. The molecule has 4 nitrogen and oxygen atoms in total. The molecule has 0 bridgehead atoms. The zero-order chi connectivity index (χ0) is 17.1. The Morgan fingerprint density at radius 2 is 2.09 bits per heavy atom. The van der Waals surface area contributed by atoms with Crippen LogP contribution in [0.15, 0.2) is 18.2 Å². The van der Waals surface area contributed by atoms with Gasteiger partial charge in [0.15, 0.2) is 0 Å². The van der Waals surface area contributed by atoms with Gasteiger partial charge in [-0.2, -0.15) is 0 Å². The molecule has 2 amide bonds. The molecule has 1 aliphatic rings. The first kappa shape index (κ1) is 17.7. The van der Waals surface area contributed by atoms with E-state index >= 15 is 0 Å². The van der Waals surface area contributed by atoms with Crippen LogP contribution in [-0.2, 0) is 16.0 Å². The maximum atomic E-state index is 13.1. The Labute approximate surface area is 141 Å². The topological polar surface area (TPSA) is 40.6 Å². The Hall–Kier alpha value is -1.62. The third-order valence-corrected chi connectivity index (χ3v) is 4.36. The summed E-state index contributed by atoms with van der Waals surface area (Å²) in [6.07, 6.45) is 0.0704. The quantitative estimate of drug-likeness (QED) is 0.845. The van der Waals surface area contributed by atoms with Crippen LogP contribution >= 0.6 is 11.6 Å². The van der Waals surface area contributed by atoms with E-state index in [1.165, 1.54) is 18.2 Å². The van der Waals surface area contributed by atoms with E-state index < -0.39 is 11.9 Å². The maximum absolute atomic E-state index is 13.1. The van der Waals surface area contributed by atoms with Crippen LogP contribution in [0.2, 0.25) is 5.02 Å². The van der Waals surface area contributed by atoms with Crippen LogP contribution in [-0.4, -0.2) is 47.3 Å². The van der Waals surface area contributed by atoms with Gasteiger partial charge in [0, 0.05) is 24.7 Å². The summed E-state index contributed by atoms with van der Waals surface area (Å²) in [7, 11) is 0. The lowest BCUT2D eigenvalue weighted by Gasteiger charge is -2.40. The summed E-state index contributed by atoms with van der Waals surface area (Å²) in [4.78, 5) is 28.3. The molecule has 0 aromatic heterocycles. The van der Waals surface area contributed by atoms with Crippen LogP contribution in [0, 0.1) is 11.7 Å². The standard InChI is InChI=1S/C17H22ClFN2O2/c1-11(2)10-20-6-7-21(12(3)17(20)23)16(22)8-13-4-5-14(19)9-15(13)18/h4-5,9,11-12H,6-8,10H2,1-3H3/t12-/m0/s1. The maximum Gasteiger partial charge on any atom is 0.245 e. The fourth-order valence-electron chi connectivity index (χ4n) is 2.82. The zero-order valence-corrected chi connectivity index (χ0v) is 14.4. The second kappa shape index (κ2) is 7.30. The van der Waals surface area contributed by atoms with E-state index in [-0.39, 0.29) is 23.3 Å². The average Bonchev–Trinajstić information content (AvgIpc) is 2.46. The molecule has 23 heavy (non-hydrogen) atoms. The van der Waals surface area contributed by atoms with E-state index in [1.807, 2.05) is 4.90 Å². The van der Waals surface area contributed by atoms with Gasteiger partial charge in [-0.15, -0.1) is 0 Å². The fourth-order valence-corrected chi connectivity index (χ4v) is 3.06. The number of piperazine rings is 1. The minimum atomic E-state index is -0.478. The van der Waals surface area contributed by atoms with Crippen LogP contribution < -0.4 is 0 Å². The van der Waals surface area contributed by atoms with Crippen molar-refractivity contribution in [3.63, 3.8) is 0 Å². The van der Waals surface area contributed by atoms with E-state index in [1.54, 1.807) is 11.8 Å². The van der Waals surface area contributed by atoms with Gasteiger partial charge in [0.1, 0.15) is 11.9 Å². The van der Waals surface area contributed by atoms with Gasteiger partial charge in [-0.1, -0.05) is 31.5 Å². The van der Waals surface area contributed by atoms with E-state index in [9.17, 15) is 14.0 Å². The molecule has 1 atom stereocenters. The van der Waals surface area contributed by atoms with Gasteiger partial charge in [0.05, 0.1) is 6.42 Å². The van der Waals surface area contributed by atoms with Crippen LogP contribution in [0.3, 0.4) is 0 Å². The number of benzene rings is 1. The largest absolute Gasteiger partial charge is 0.339 e. The Bertz CT molecular complexity index is 606. The first-order valence-electron chi connectivity index (χ1n) is 7.81. The number of hydrogen-bond acceptors (Lipinski definition) is 2. The molecule has 126 valence electrons. The molecule has 1 aliphatic heterocycles. The lowest BCUT2D eigenvalue weighted by atomic mass is 10.1. The van der Waals surface area contributed by atoms with Crippen LogP contribution in [0.25, 0.3) is 0 Å². The highest BCUT2D eigenvalue weighted by Gasteiger charge is 2.34. The number of rotatable bonds is 4. The smallest absolute Gasteiger partial charge is 0.245 e. The third-order valence-electron chi connectivity index (χ3n) is 4.01. The Morgan fingerprint density at radius 3 is 2.70 bits per heavy atom. The molecule has 2 rings (SSSR count). The number of nitrogens with zero attached hydrogens (tertiary/aromatic N) is 2. The lowest BCUT2D eigenvalue weighted by Crippen LogP contribution is -2.58. The minimum absolute atomic E-state index is 0.0245. The van der Waals surface area contributed by atoms with Gasteiger partial charge < -0.3 is 9.80 Å². The van der Waals surface area contributed by atoms with E-state index in [2.05, 4.69) is 13.8 Å². The van der Waals surface area contributed by atoms with Gasteiger partial charge in [0.25, 0.3) is 0 Å². The third kappa shape index (κ3) is 4.22. The van der Waals surface area contributed by atoms with Crippen molar-refractivity contribution in [2.24, 2.45) is 5.92 Å². The normalized spacial score (nSPS) is 18.7. The first-order chi connectivity index (χ1) is 10.8. The van der Waals surface area contributed by atoms with Gasteiger partial charge in [-0.3, -0.25) is 9.59 Å². The summed E-state index contributed by atoms with van der Waals surface area (Å²) in [5.41, 5.74) is 0.572. The SMILES string of the molecule is CC(C)CN1CCN(C(=O)Cc2ccc(F)cc2Cl)[C@@H](C)C1=O. The number of carbonyl (C=O) groups excluding carboxylic acids is 2. The van der Waals surface area contributed by atoms with E-state index in [0.29, 0.717) is 31.1 Å². The predicted octanol–water partition coefficient (Wildman–Crippen LogP) is 2.74. The Balaban J connectivity index is 2.04. The highest BCUT2D eigenvalue weighted by Crippen LogP contribution is 2.20. The second-order valence-electron chi connectivity index (χ2n) is 6.35. The highest BCUT2D eigenvalue weighted by atomic mass is 35.5. The summed E-state index contributed by atoms with van der Waals surface area (Å²) in [6.45, 7) is 7.63. The molecule has 1 fully saturated rings. The molecule has 0 radical (unpaired) electrons. The average molecular weight is 341 g/mol. The molecule has 0 N–H and O–H groups in total. The summed E-state index contributed by atoms with van der Waals surface area (Å²) in [5, 5.41) is 0.232. The summed E-state index contributed by atoms with van der Waals surface area (Å²) in [5.74, 6) is -0.226. The summed E-state index contributed by atoms with van der Waals surface area (Å²) < 4.78 is 13.1. The molecule has 1 saturated heterocycles. The van der Waals surface area contributed by atoms with Crippen molar-refractivity contribution in [3.8, 4) is 0 Å². The second-order valence-corrected chi connectivity index (χ2v) is 6.76. The molecule has 1 aromatic carbocycles. The predicted molar refractivity (Wildman–Crippen MR) is 87.7 cm³/mol. The molecular formula is C17H22ClFN2O2. The van der Waals surface area contributed by atoms with Crippen LogP contribution in [0.1, 0.15) is 26.3 Å². The molecule has 0 aliphatic carbocycles. The molecule has 0 saturated carbocycles. The lowest BCUT2D eigenvalue weighted by molar-refractivity contribution is -0.150. The van der Waals surface area contributed by atoms with E-state index in [4.69, 9.17) is 11.6 Å². The molecule has 1 heterocycles. The molecule has 0 unspecified atom stereocenters. The Morgan fingerprint density at radius 1 is 1.39 bits per heavy atom. The van der Waals surface area contributed by atoms with Crippen molar-refractivity contribution in [1.82, 2.24) is 9.80 Å². The Kier molecular flexibility index (Phi) is 5.63. The van der Waals surface area contributed by atoms with Crippen molar-refractivity contribution in [3.05, 3.63) is 34.6 Å². The molecule has 1 aromatic rings. The highest BCUT2D eigenvalue weighted by molar-refractivity contribution is 6.31. The molecule has 6 heteroatoms. The van der Waals surface area contributed by atoms with Crippen LogP contribution in [0.4, 0.5) is 4.39 Å². The van der Waals surface area contributed by atoms with Crippen molar-refractivity contribution < 1.29 is 14.0 Å². The minimum Gasteiger partial charge on any atom is -0.339 e. The monoisotopic (exact) mass is 340 g/mol. The van der Waals surface area contributed by atoms with Crippen molar-refractivity contribution in [1.29, 1.82) is 0 Å². The zero-order valence-electron chi connectivity index (χ0n) is 13.7. The van der Waals surface area contributed by atoms with Crippen molar-refractivity contribution >= 4 is 23.4 Å². The fraction of sp³-hybridized carbons (Fsp3) is 0.529. The van der Waals surface area contributed by atoms with Gasteiger partial charge >= 0.3 is 0 Å². The van der Waals surface area contributed by atoms with Crippen LogP contribution in [0.5, 0.6) is 0 Å². The van der Waals surface area contributed by atoms with Crippen molar-refractivity contribution in [2.45, 2.75) is 33.2 Å². The van der Waals surface area contributed by atoms with Crippen molar-refractivity contribution in [2.75, 3.05) is 19.6 Å². The summed E-state index contributed by atoms with van der Waals surface area (Å²) >= 11 is 5.97. The van der Waals surface area contributed by atoms with E-state index in [0.717, 1.165) is 0 Å².